The Morgan fingerprint density at radius 3 is 1.54 bits per heavy atom. The number of benzene rings is 2. The lowest BCUT2D eigenvalue weighted by atomic mass is 9.51. The molecular formula is C38H38N2O8. The van der Waals surface area contributed by atoms with Gasteiger partial charge >= 0.3 is 0 Å². The van der Waals surface area contributed by atoms with E-state index in [1.165, 1.54) is 12.2 Å². The number of ether oxygens (including phenoxy) is 2. The number of carbonyl (C=O) groups is 2. The summed E-state index contributed by atoms with van der Waals surface area (Å²) in [6.07, 6.45) is 10.9. The fraction of sp³-hybridized carbons (Fsp3) is 0.421. The predicted octanol–water partition coefficient (Wildman–Crippen LogP) is 2.15. The van der Waals surface area contributed by atoms with Crippen molar-refractivity contribution >= 4 is 11.6 Å². The van der Waals surface area contributed by atoms with Crippen LogP contribution in [-0.4, -0.2) is 103 Å². The Bertz CT molecular complexity index is 1770. The van der Waals surface area contributed by atoms with Crippen molar-refractivity contribution in [3.05, 3.63) is 96.1 Å². The van der Waals surface area contributed by atoms with E-state index in [-0.39, 0.29) is 35.1 Å². The van der Waals surface area contributed by atoms with Crippen LogP contribution in [0.1, 0.15) is 35.1 Å². The van der Waals surface area contributed by atoms with E-state index in [0.29, 0.717) is 50.3 Å². The molecule has 4 aliphatic heterocycles. The highest BCUT2D eigenvalue weighted by Gasteiger charge is 2.73. The maximum Gasteiger partial charge on any atom is 0.196 e. The molecule has 0 radical (unpaired) electrons. The van der Waals surface area contributed by atoms with E-state index in [4.69, 9.17) is 9.47 Å². The average molecular weight is 651 g/mol. The van der Waals surface area contributed by atoms with Crippen LogP contribution >= 0.6 is 0 Å². The largest absolute Gasteiger partial charge is 0.504 e. The van der Waals surface area contributed by atoms with Gasteiger partial charge in [-0.1, -0.05) is 24.3 Å². The Morgan fingerprint density at radius 2 is 1.15 bits per heavy atom. The number of piperidine rings is 2. The normalized spacial score (nSPS) is 38.6. The van der Waals surface area contributed by atoms with Crippen molar-refractivity contribution in [2.24, 2.45) is 0 Å². The monoisotopic (exact) mass is 650 g/mol. The number of aromatic hydroxyl groups is 2. The van der Waals surface area contributed by atoms with Gasteiger partial charge in [-0.2, -0.15) is 0 Å². The summed E-state index contributed by atoms with van der Waals surface area (Å²) in [5.41, 5.74) is -0.193. The Hall–Kier alpha value is -4.22. The predicted molar refractivity (Wildman–Crippen MR) is 174 cm³/mol. The number of hydrogen-bond donors (Lipinski definition) is 4. The number of phenolic OH excluding ortho intramolecular Hbond substituents is 2. The van der Waals surface area contributed by atoms with Gasteiger partial charge in [0.15, 0.2) is 46.8 Å². The number of carbonyl (C=O) groups excluding carboxylic acids is 2. The van der Waals surface area contributed by atoms with Crippen LogP contribution in [0.25, 0.3) is 0 Å². The Labute approximate surface area is 277 Å². The number of ketones is 2. The molecule has 2 saturated heterocycles. The van der Waals surface area contributed by atoms with Crippen LogP contribution in [0.5, 0.6) is 23.0 Å². The first kappa shape index (κ1) is 29.9. The first-order valence-corrected chi connectivity index (χ1v) is 16.7. The minimum Gasteiger partial charge on any atom is -0.504 e. The van der Waals surface area contributed by atoms with E-state index in [0.717, 1.165) is 35.3 Å². The van der Waals surface area contributed by atoms with Crippen molar-refractivity contribution in [1.82, 2.24) is 9.80 Å². The van der Waals surface area contributed by atoms with Crippen LogP contribution in [0.3, 0.4) is 0 Å². The summed E-state index contributed by atoms with van der Waals surface area (Å²) in [5, 5.41) is 44.0. The van der Waals surface area contributed by atoms with Crippen LogP contribution in [0, 0.1) is 0 Å². The van der Waals surface area contributed by atoms with Gasteiger partial charge in [0.25, 0.3) is 0 Å². The fourth-order valence-electron chi connectivity index (χ4n) is 10.8. The van der Waals surface area contributed by atoms with Crippen LogP contribution in [0.4, 0.5) is 0 Å². The van der Waals surface area contributed by atoms with E-state index in [1.54, 1.807) is 24.3 Å². The Morgan fingerprint density at radius 1 is 0.729 bits per heavy atom. The van der Waals surface area contributed by atoms with Crippen LogP contribution < -0.4 is 9.47 Å². The number of hydrogen-bond acceptors (Lipinski definition) is 10. The zero-order chi connectivity index (χ0) is 33.4. The second kappa shape index (κ2) is 9.69. The summed E-state index contributed by atoms with van der Waals surface area (Å²) in [6.45, 7) is 10.6. The van der Waals surface area contributed by atoms with Crippen molar-refractivity contribution < 1.29 is 39.5 Å². The number of likely N-dealkylation sites (tertiary alicyclic amines) is 2. The standard InChI is InChI=1S/2C19H19NO4/c2*1-2-8-20-9-7-18-15-11-3-4-12(21)16(15)24-17(18)13(22)5-6-19(18,23)14(20)10-11/h2*2-6,14,17,21,23H,1,7-10H2/t2*14-,17+,18+,19-/m11/s1. The molecule has 8 aliphatic rings. The third-order valence-electron chi connectivity index (χ3n) is 12.7. The second-order valence-corrected chi connectivity index (χ2v) is 14.5. The third kappa shape index (κ3) is 3.27. The van der Waals surface area contributed by atoms with Gasteiger partial charge in [0.1, 0.15) is 11.2 Å². The molecule has 4 N–H and O–H groups in total. The van der Waals surface area contributed by atoms with Gasteiger partial charge in [-0.25, -0.2) is 0 Å². The molecule has 10 nitrogen and oxygen atoms in total. The van der Waals surface area contributed by atoms with E-state index in [9.17, 15) is 30.0 Å². The third-order valence-corrected chi connectivity index (χ3v) is 12.7. The summed E-state index contributed by atoms with van der Waals surface area (Å²) in [5.74, 6) is 0.560. The highest BCUT2D eigenvalue weighted by Crippen LogP contribution is 2.65. The minimum atomic E-state index is -1.18. The van der Waals surface area contributed by atoms with Crippen LogP contribution in [0.2, 0.25) is 0 Å². The maximum absolute atomic E-state index is 12.5. The molecule has 0 unspecified atom stereocenters. The molecule has 4 bridgehead atoms. The SMILES string of the molecule is C=CCN1CC[C@]23c4c5ccc(O)c4O[C@H]2C(=O)C=C[C@@]3(O)[C@H]1C5.C=CCN1CC[C@]23c4c5ccc(O)c4O[C@H]2C(=O)C=C[C@@]3(O)[C@H]1C5. The molecule has 48 heavy (non-hydrogen) atoms. The molecule has 248 valence electrons. The van der Waals surface area contributed by atoms with Crippen molar-refractivity contribution in [1.29, 1.82) is 0 Å². The average Bonchev–Trinajstić information content (AvgIpc) is 3.61. The van der Waals surface area contributed by atoms with Gasteiger partial charge in [-0.3, -0.25) is 19.4 Å². The zero-order valence-electron chi connectivity index (χ0n) is 26.5. The van der Waals surface area contributed by atoms with Gasteiger partial charge in [-0.15, -0.1) is 13.2 Å². The van der Waals surface area contributed by atoms with Gasteiger partial charge in [0, 0.05) is 49.4 Å². The molecule has 8 atom stereocenters. The van der Waals surface area contributed by atoms with Crippen molar-refractivity contribution in [3.8, 4) is 23.0 Å². The Balaban J connectivity index is 0.000000131. The van der Waals surface area contributed by atoms with E-state index in [2.05, 4.69) is 23.0 Å². The first-order chi connectivity index (χ1) is 23.1. The van der Waals surface area contributed by atoms with Gasteiger partial charge in [0.05, 0.1) is 10.8 Å². The summed E-state index contributed by atoms with van der Waals surface area (Å²) in [7, 11) is 0. The second-order valence-electron chi connectivity index (χ2n) is 14.5. The molecule has 2 aromatic rings. The van der Waals surface area contributed by atoms with Gasteiger partial charge in [0.2, 0.25) is 0 Å². The number of rotatable bonds is 4. The maximum atomic E-state index is 12.5. The van der Waals surface area contributed by atoms with E-state index < -0.39 is 34.2 Å². The molecule has 2 aromatic carbocycles. The number of aliphatic hydroxyl groups is 2. The smallest absolute Gasteiger partial charge is 0.196 e. The zero-order valence-corrected chi connectivity index (χ0v) is 26.5. The fourth-order valence-corrected chi connectivity index (χ4v) is 10.8. The molecule has 10 heteroatoms. The van der Waals surface area contributed by atoms with Crippen molar-refractivity contribution in [2.45, 2.75) is 72.0 Å². The van der Waals surface area contributed by atoms with Crippen molar-refractivity contribution in [2.75, 3.05) is 26.2 Å². The topological polar surface area (TPSA) is 140 Å². The first-order valence-electron chi connectivity index (χ1n) is 16.7. The molecular weight excluding hydrogens is 612 g/mol. The summed E-state index contributed by atoms with van der Waals surface area (Å²) in [4.78, 5) is 29.5. The highest BCUT2D eigenvalue weighted by molar-refractivity contribution is 5.99. The van der Waals surface area contributed by atoms with E-state index >= 15 is 0 Å². The molecule has 4 aliphatic carbocycles. The molecule has 10 rings (SSSR count). The number of phenols is 2. The molecule has 2 spiro atoms. The van der Waals surface area contributed by atoms with Gasteiger partial charge in [-0.05, 0) is 73.2 Å². The van der Waals surface area contributed by atoms with Gasteiger partial charge < -0.3 is 29.9 Å². The molecule has 4 heterocycles. The lowest BCUT2D eigenvalue weighted by Crippen LogP contribution is -2.75. The number of nitrogens with zero attached hydrogens (tertiary/aromatic N) is 2. The van der Waals surface area contributed by atoms with Crippen LogP contribution in [0.15, 0.2) is 73.9 Å². The van der Waals surface area contributed by atoms with Crippen molar-refractivity contribution in [3.63, 3.8) is 0 Å². The summed E-state index contributed by atoms with van der Waals surface area (Å²) >= 11 is 0. The van der Waals surface area contributed by atoms with Crippen LogP contribution in [-0.2, 0) is 33.3 Å². The summed E-state index contributed by atoms with van der Waals surface area (Å²) < 4.78 is 11.9. The lowest BCUT2D eigenvalue weighted by Gasteiger charge is -2.60. The minimum absolute atomic E-state index is 0.0413. The molecule has 2 fully saturated rings. The molecule has 0 amide bonds. The Kier molecular flexibility index (Phi) is 6.03. The molecule has 0 aromatic heterocycles. The molecule has 0 saturated carbocycles. The highest BCUT2D eigenvalue weighted by atomic mass is 16.5. The lowest BCUT2D eigenvalue weighted by molar-refractivity contribution is -0.153. The van der Waals surface area contributed by atoms with E-state index in [1.807, 2.05) is 24.3 Å². The quantitative estimate of drug-likeness (QED) is 0.364. The summed E-state index contributed by atoms with van der Waals surface area (Å²) in [6, 6.07) is 6.77.